The molecule has 4 nitrogen and oxygen atoms in total. The first kappa shape index (κ1) is 22.3. The molecule has 1 saturated heterocycles. The van der Waals surface area contributed by atoms with Gasteiger partial charge in [-0.3, -0.25) is 4.90 Å². The fourth-order valence-corrected chi connectivity index (χ4v) is 4.46. The quantitative estimate of drug-likeness (QED) is 0.515. The first-order valence-corrected chi connectivity index (χ1v) is 11.1. The van der Waals surface area contributed by atoms with Gasteiger partial charge in [-0.05, 0) is 50.2 Å². The maximum absolute atomic E-state index is 14.1. The molecule has 0 amide bonds. The van der Waals surface area contributed by atoms with Crippen molar-refractivity contribution in [1.82, 2.24) is 10.2 Å². The van der Waals surface area contributed by atoms with E-state index in [0.29, 0.717) is 34.7 Å². The van der Waals surface area contributed by atoms with Crippen LogP contribution >= 0.6 is 27.5 Å². The zero-order valence-corrected chi connectivity index (χ0v) is 19.2. The lowest BCUT2D eigenvalue weighted by Gasteiger charge is -2.23. The maximum atomic E-state index is 14.1. The lowest BCUT2D eigenvalue weighted by atomic mass is 10.1. The molecule has 2 aromatic rings. The van der Waals surface area contributed by atoms with Crippen LogP contribution in [0.2, 0.25) is 5.02 Å². The normalized spacial score (nSPS) is 16.9. The van der Waals surface area contributed by atoms with Gasteiger partial charge >= 0.3 is 0 Å². The molecule has 0 saturated carbocycles. The van der Waals surface area contributed by atoms with Gasteiger partial charge in [0.25, 0.3) is 0 Å². The smallest absolute Gasteiger partial charge is 0.167 e. The minimum absolute atomic E-state index is 0.0254. The van der Waals surface area contributed by atoms with E-state index in [2.05, 4.69) is 33.1 Å². The van der Waals surface area contributed by atoms with E-state index in [1.165, 1.54) is 25.5 Å². The standard InChI is InChI=1S/C22H27BrClFN2O2/c1-3-27-11-5-6-15(27)12-26-13-16-18(23)9-10-21(28-2)22(16)29-14-17-19(24)7-4-8-20(17)25/h4,7-10,15,26H,3,5-6,11-14H2,1-2H3. The monoisotopic (exact) mass is 484 g/mol. The maximum Gasteiger partial charge on any atom is 0.167 e. The molecule has 3 rings (SSSR count). The highest BCUT2D eigenvalue weighted by Crippen LogP contribution is 2.37. The summed E-state index contributed by atoms with van der Waals surface area (Å²) in [4.78, 5) is 2.51. The van der Waals surface area contributed by atoms with Crippen LogP contribution in [0, 0.1) is 5.82 Å². The molecule has 1 aliphatic rings. The molecule has 0 bridgehead atoms. The number of benzene rings is 2. The number of hydrogen-bond acceptors (Lipinski definition) is 4. The lowest BCUT2D eigenvalue weighted by molar-refractivity contribution is 0.257. The Balaban J connectivity index is 1.74. The molecule has 2 aromatic carbocycles. The number of halogens is 3. The molecule has 0 aliphatic carbocycles. The van der Waals surface area contributed by atoms with Crippen LogP contribution in [0.4, 0.5) is 4.39 Å². The van der Waals surface area contributed by atoms with E-state index in [1.54, 1.807) is 19.2 Å². The number of ether oxygens (including phenoxy) is 2. The summed E-state index contributed by atoms with van der Waals surface area (Å²) in [5.74, 6) is 0.813. The molecule has 0 aromatic heterocycles. The third-order valence-corrected chi connectivity index (χ3v) is 6.49. The molecule has 0 radical (unpaired) electrons. The Morgan fingerprint density at radius 1 is 1.28 bits per heavy atom. The van der Waals surface area contributed by atoms with Crippen LogP contribution in [0.25, 0.3) is 0 Å². The van der Waals surface area contributed by atoms with Crippen molar-refractivity contribution in [2.45, 2.75) is 39.0 Å². The Kier molecular flexibility index (Phi) is 8.18. The van der Waals surface area contributed by atoms with Crippen molar-refractivity contribution in [2.24, 2.45) is 0 Å². The van der Waals surface area contributed by atoms with E-state index < -0.39 is 0 Å². The van der Waals surface area contributed by atoms with Crippen molar-refractivity contribution < 1.29 is 13.9 Å². The van der Waals surface area contributed by atoms with Crippen molar-refractivity contribution in [2.75, 3.05) is 26.7 Å². The highest BCUT2D eigenvalue weighted by molar-refractivity contribution is 9.10. The van der Waals surface area contributed by atoms with Crippen LogP contribution < -0.4 is 14.8 Å². The fourth-order valence-electron chi connectivity index (χ4n) is 3.79. The van der Waals surface area contributed by atoms with Gasteiger partial charge in [-0.1, -0.05) is 40.5 Å². The third kappa shape index (κ3) is 5.43. The Morgan fingerprint density at radius 2 is 2.10 bits per heavy atom. The topological polar surface area (TPSA) is 33.7 Å². The molecule has 1 atom stereocenters. The molecule has 158 valence electrons. The summed E-state index contributed by atoms with van der Waals surface area (Å²) < 4.78 is 26.6. The van der Waals surface area contributed by atoms with Crippen molar-refractivity contribution in [1.29, 1.82) is 0 Å². The van der Waals surface area contributed by atoms with Crippen LogP contribution in [0.5, 0.6) is 11.5 Å². The molecule has 1 heterocycles. The van der Waals surface area contributed by atoms with Gasteiger partial charge in [0.2, 0.25) is 0 Å². The summed E-state index contributed by atoms with van der Waals surface area (Å²) in [5.41, 5.74) is 1.28. The largest absolute Gasteiger partial charge is 0.493 e. The second kappa shape index (κ2) is 10.6. The average molecular weight is 486 g/mol. The van der Waals surface area contributed by atoms with Crippen LogP contribution in [-0.4, -0.2) is 37.7 Å². The van der Waals surface area contributed by atoms with Crippen molar-refractivity contribution in [3.63, 3.8) is 0 Å². The van der Waals surface area contributed by atoms with E-state index in [4.69, 9.17) is 21.1 Å². The Labute approximate surface area is 185 Å². The summed E-state index contributed by atoms with van der Waals surface area (Å²) in [6.07, 6.45) is 2.47. The molecule has 1 N–H and O–H groups in total. The Morgan fingerprint density at radius 3 is 2.83 bits per heavy atom. The molecule has 1 aliphatic heterocycles. The van der Waals surface area contributed by atoms with Gasteiger partial charge < -0.3 is 14.8 Å². The van der Waals surface area contributed by atoms with E-state index in [9.17, 15) is 4.39 Å². The predicted octanol–water partition coefficient (Wildman–Crippen LogP) is 5.40. The van der Waals surface area contributed by atoms with Crippen molar-refractivity contribution in [3.05, 3.63) is 56.8 Å². The number of methoxy groups -OCH3 is 1. The van der Waals surface area contributed by atoms with E-state index in [-0.39, 0.29) is 12.4 Å². The van der Waals surface area contributed by atoms with Gasteiger partial charge in [0.15, 0.2) is 11.5 Å². The number of likely N-dealkylation sites (tertiary alicyclic amines) is 1. The first-order valence-electron chi connectivity index (χ1n) is 9.91. The van der Waals surface area contributed by atoms with Crippen molar-refractivity contribution >= 4 is 27.5 Å². The molecule has 1 fully saturated rings. The number of nitrogens with one attached hydrogen (secondary N) is 1. The highest BCUT2D eigenvalue weighted by Gasteiger charge is 2.23. The van der Waals surface area contributed by atoms with Crippen LogP contribution in [0.15, 0.2) is 34.8 Å². The third-order valence-electron chi connectivity index (χ3n) is 5.40. The van der Waals surface area contributed by atoms with Gasteiger partial charge in [-0.2, -0.15) is 0 Å². The van der Waals surface area contributed by atoms with Crippen LogP contribution in [-0.2, 0) is 13.2 Å². The van der Waals surface area contributed by atoms with Gasteiger partial charge in [0.05, 0.1) is 12.1 Å². The SMILES string of the molecule is CCN1CCCC1CNCc1c(Br)ccc(OC)c1OCc1c(F)cccc1Cl. The second-order valence-corrected chi connectivity index (χ2v) is 8.36. The summed E-state index contributed by atoms with van der Waals surface area (Å²) in [6.45, 7) is 6.01. The summed E-state index contributed by atoms with van der Waals surface area (Å²) >= 11 is 9.77. The van der Waals surface area contributed by atoms with Crippen molar-refractivity contribution in [3.8, 4) is 11.5 Å². The minimum Gasteiger partial charge on any atom is -0.493 e. The summed E-state index contributed by atoms with van der Waals surface area (Å²) in [5, 5.41) is 3.90. The molecule has 0 spiro atoms. The molecular formula is C22H27BrClFN2O2. The number of nitrogens with zero attached hydrogens (tertiary/aromatic N) is 1. The van der Waals surface area contributed by atoms with Gasteiger partial charge in [-0.25, -0.2) is 4.39 Å². The first-order chi connectivity index (χ1) is 14.0. The fraction of sp³-hybridized carbons (Fsp3) is 0.455. The molecular weight excluding hydrogens is 459 g/mol. The lowest BCUT2D eigenvalue weighted by Crippen LogP contribution is -2.37. The number of rotatable bonds is 9. The summed E-state index contributed by atoms with van der Waals surface area (Å²) in [7, 11) is 1.60. The Bertz CT molecular complexity index is 816. The van der Waals surface area contributed by atoms with E-state index in [0.717, 1.165) is 23.1 Å². The van der Waals surface area contributed by atoms with Gasteiger partial charge in [0.1, 0.15) is 12.4 Å². The van der Waals surface area contributed by atoms with Crippen LogP contribution in [0.1, 0.15) is 30.9 Å². The minimum atomic E-state index is -0.382. The Hall–Kier alpha value is -1.34. The zero-order chi connectivity index (χ0) is 20.8. The predicted molar refractivity (Wildman–Crippen MR) is 118 cm³/mol. The summed E-state index contributed by atoms with van der Waals surface area (Å²) in [6, 6.07) is 8.95. The average Bonchev–Trinajstić information content (AvgIpc) is 3.17. The second-order valence-electron chi connectivity index (χ2n) is 7.10. The number of likely N-dealkylation sites (N-methyl/N-ethyl adjacent to an activating group) is 1. The van der Waals surface area contributed by atoms with Crippen LogP contribution in [0.3, 0.4) is 0 Å². The highest BCUT2D eigenvalue weighted by atomic mass is 79.9. The molecule has 1 unspecified atom stereocenters. The zero-order valence-electron chi connectivity index (χ0n) is 16.8. The van der Waals surface area contributed by atoms with Gasteiger partial charge in [-0.15, -0.1) is 0 Å². The van der Waals surface area contributed by atoms with E-state index in [1.807, 2.05) is 12.1 Å². The van der Waals surface area contributed by atoms with E-state index >= 15 is 0 Å². The van der Waals surface area contributed by atoms with Gasteiger partial charge in [0, 0.05) is 34.7 Å². The number of hydrogen-bond donors (Lipinski definition) is 1. The molecule has 7 heteroatoms. The molecule has 29 heavy (non-hydrogen) atoms.